The Balaban J connectivity index is 1.88. The van der Waals surface area contributed by atoms with Crippen LogP contribution in [0.1, 0.15) is 21.7 Å². The molecule has 0 saturated carbocycles. The fourth-order valence-corrected chi connectivity index (χ4v) is 2.98. The molecule has 0 fully saturated rings. The van der Waals surface area contributed by atoms with E-state index in [-0.39, 0.29) is 5.70 Å². The molecule has 0 spiro atoms. The summed E-state index contributed by atoms with van der Waals surface area (Å²) in [7, 11) is 1.48. The number of rotatable bonds is 5. The van der Waals surface area contributed by atoms with Crippen LogP contribution in [0.5, 0.6) is 0 Å². The van der Waals surface area contributed by atoms with Crippen molar-refractivity contribution >= 4 is 41.1 Å². The number of furan rings is 1. The van der Waals surface area contributed by atoms with E-state index < -0.39 is 11.8 Å². The van der Waals surface area contributed by atoms with Crippen LogP contribution < -0.4 is 10.6 Å². The molecular weight excluding hydrogens is 411 g/mol. The lowest BCUT2D eigenvalue weighted by Crippen LogP contribution is -2.33. The maximum absolute atomic E-state index is 12.5. The normalized spacial score (nSPS) is 11.2. The molecule has 0 radical (unpaired) electrons. The van der Waals surface area contributed by atoms with Crippen molar-refractivity contribution < 1.29 is 14.0 Å². The standard InChI is InChI=1S/C22H18Cl2N2O3/c1-13-3-5-14(6-4-13)21(27)26-19(22(28)25-2)12-16-8-10-20(29-16)17-11-15(23)7-9-18(17)24/h3-12H,1-2H3,(H,25,28)(H,26,27)/b19-12+. The number of hydrogen-bond acceptors (Lipinski definition) is 3. The van der Waals surface area contributed by atoms with Gasteiger partial charge < -0.3 is 15.1 Å². The predicted molar refractivity (Wildman–Crippen MR) is 115 cm³/mol. The van der Waals surface area contributed by atoms with Crippen molar-refractivity contribution in [2.24, 2.45) is 0 Å². The summed E-state index contributed by atoms with van der Waals surface area (Å²) in [6.45, 7) is 1.93. The van der Waals surface area contributed by atoms with Gasteiger partial charge in [-0.05, 0) is 49.4 Å². The average Bonchev–Trinajstić information content (AvgIpc) is 3.17. The van der Waals surface area contributed by atoms with Gasteiger partial charge in [0.25, 0.3) is 11.8 Å². The second kappa shape index (κ2) is 8.99. The number of benzene rings is 2. The summed E-state index contributed by atoms with van der Waals surface area (Å²) in [5, 5.41) is 6.14. The number of hydrogen-bond donors (Lipinski definition) is 2. The fraction of sp³-hybridized carbons (Fsp3) is 0.0909. The molecule has 0 bridgehead atoms. The smallest absolute Gasteiger partial charge is 0.267 e. The van der Waals surface area contributed by atoms with Crippen LogP contribution in [0.2, 0.25) is 10.0 Å². The minimum Gasteiger partial charge on any atom is -0.457 e. The maximum atomic E-state index is 12.5. The molecule has 0 aliphatic rings. The lowest BCUT2D eigenvalue weighted by Gasteiger charge is -2.08. The van der Waals surface area contributed by atoms with Gasteiger partial charge in [0, 0.05) is 29.3 Å². The molecule has 2 N–H and O–H groups in total. The van der Waals surface area contributed by atoms with E-state index >= 15 is 0 Å². The van der Waals surface area contributed by atoms with E-state index in [0.29, 0.717) is 32.7 Å². The summed E-state index contributed by atoms with van der Waals surface area (Å²) in [4.78, 5) is 24.7. The van der Waals surface area contributed by atoms with Gasteiger partial charge in [0.15, 0.2) is 0 Å². The Morgan fingerprint density at radius 3 is 2.41 bits per heavy atom. The number of amides is 2. The first-order valence-corrected chi connectivity index (χ1v) is 9.50. The highest BCUT2D eigenvalue weighted by atomic mass is 35.5. The summed E-state index contributed by atoms with van der Waals surface area (Å²) in [6.07, 6.45) is 1.45. The summed E-state index contributed by atoms with van der Waals surface area (Å²) in [5.74, 6) is 0.0115. The van der Waals surface area contributed by atoms with Gasteiger partial charge in [-0.1, -0.05) is 40.9 Å². The Kier molecular flexibility index (Phi) is 6.42. The molecule has 2 amide bonds. The molecule has 5 nitrogen and oxygen atoms in total. The van der Waals surface area contributed by atoms with Crippen LogP contribution in [0.25, 0.3) is 17.4 Å². The quantitative estimate of drug-likeness (QED) is 0.556. The van der Waals surface area contributed by atoms with Crippen LogP contribution in [0.15, 0.2) is 64.7 Å². The van der Waals surface area contributed by atoms with Crippen molar-refractivity contribution in [3.8, 4) is 11.3 Å². The molecule has 0 aliphatic heterocycles. The third-order valence-corrected chi connectivity index (χ3v) is 4.71. The van der Waals surface area contributed by atoms with Crippen LogP contribution in [0.4, 0.5) is 0 Å². The zero-order chi connectivity index (χ0) is 21.0. The minimum atomic E-state index is -0.454. The topological polar surface area (TPSA) is 71.3 Å². The second-order valence-electron chi connectivity index (χ2n) is 6.28. The van der Waals surface area contributed by atoms with Gasteiger partial charge in [0.2, 0.25) is 0 Å². The highest BCUT2D eigenvalue weighted by Crippen LogP contribution is 2.32. The van der Waals surface area contributed by atoms with Crippen molar-refractivity contribution in [1.29, 1.82) is 0 Å². The summed E-state index contributed by atoms with van der Waals surface area (Å²) >= 11 is 12.2. The van der Waals surface area contributed by atoms with Crippen molar-refractivity contribution in [3.63, 3.8) is 0 Å². The molecule has 1 heterocycles. The van der Waals surface area contributed by atoms with Crippen LogP contribution in [-0.2, 0) is 4.79 Å². The Bertz CT molecular complexity index is 1090. The molecular formula is C22H18Cl2N2O3. The molecule has 1 aromatic heterocycles. The van der Waals surface area contributed by atoms with E-state index in [0.717, 1.165) is 5.56 Å². The van der Waals surface area contributed by atoms with E-state index in [1.54, 1.807) is 42.5 Å². The van der Waals surface area contributed by atoms with Crippen LogP contribution in [-0.4, -0.2) is 18.9 Å². The molecule has 0 aliphatic carbocycles. The molecule has 29 heavy (non-hydrogen) atoms. The van der Waals surface area contributed by atoms with Gasteiger partial charge in [-0.2, -0.15) is 0 Å². The van der Waals surface area contributed by atoms with Crippen molar-refractivity contribution in [2.75, 3.05) is 7.05 Å². The van der Waals surface area contributed by atoms with Crippen LogP contribution >= 0.6 is 23.2 Å². The summed E-state index contributed by atoms with van der Waals surface area (Å²) in [5.41, 5.74) is 2.16. The van der Waals surface area contributed by atoms with E-state index in [1.165, 1.54) is 13.1 Å². The molecule has 0 unspecified atom stereocenters. The zero-order valence-corrected chi connectivity index (χ0v) is 17.3. The van der Waals surface area contributed by atoms with E-state index in [1.807, 2.05) is 19.1 Å². The number of carbonyl (C=O) groups excluding carboxylic acids is 2. The first-order chi connectivity index (χ1) is 13.9. The number of nitrogens with one attached hydrogen (secondary N) is 2. The van der Waals surface area contributed by atoms with Gasteiger partial charge in [-0.15, -0.1) is 0 Å². The van der Waals surface area contributed by atoms with E-state index in [9.17, 15) is 9.59 Å². The largest absolute Gasteiger partial charge is 0.457 e. The summed E-state index contributed by atoms with van der Waals surface area (Å²) < 4.78 is 5.78. The second-order valence-corrected chi connectivity index (χ2v) is 7.13. The Labute approximate surface area is 178 Å². The molecule has 3 rings (SSSR count). The molecule has 0 saturated heterocycles. The zero-order valence-electron chi connectivity index (χ0n) is 15.8. The highest BCUT2D eigenvalue weighted by Gasteiger charge is 2.15. The van der Waals surface area contributed by atoms with Crippen molar-refractivity contribution in [2.45, 2.75) is 6.92 Å². The molecule has 2 aromatic carbocycles. The van der Waals surface area contributed by atoms with E-state index in [2.05, 4.69) is 10.6 Å². The van der Waals surface area contributed by atoms with Crippen molar-refractivity contribution in [3.05, 3.63) is 87.2 Å². The minimum absolute atomic E-state index is 0.0520. The van der Waals surface area contributed by atoms with Gasteiger partial charge in [-0.25, -0.2) is 0 Å². The summed E-state index contributed by atoms with van der Waals surface area (Å²) in [6, 6.07) is 15.5. The van der Waals surface area contributed by atoms with Gasteiger partial charge in [0.1, 0.15) is 17.2 Å². The number of halogens is 2. The average molecular weight is 429 g/mol. The van der Waals surface area contributed by atoms with E-state index in [4.69, 9.17) is 27.6 Å². The molecule has 7 heteroatoms. The van der Waals surface area contributed by atoms with Crippen molar-refractivity contribution in [1.82, 2.24) is 10.6 Å². The maximum Gasteiger partial charge on any atom is 0.267 e. The molecule has 148 valence electrons. The Morgan fingerprint density at radius 1 is 1.00 bits per heavy atom. The Hall–Kier alpha value is -3.02. The number of carbonyl (C=O) groups is 2. The van der Waals surface area contributed by atoms with Crippen LogP contribution in [0.3, 0.4) is 0 Å². The lowest BCUT2D eigenvalue weighted by molar-refractivity contribution is -0.117. The third-order valence-electron chi connectivity index (χ3n) is 4.14. The number of aryl methyl sites for hydroxylation is 1. The first kappa shape index (κ1) is 20.7. The van der Waals surface area contributed by atoms with Gasteiger partial charge >= 0.3 is 0 Å². The third kappa shape index (κ3) is 5.08. The predicted octanol–water partition coefficient (Wildman–Crippen LogP) is 5.08. The molecule has 0 atom stereocenters. The monoisotopic (exact) mass is 428 g/mol. The lowest BCUT2D eigenvalue weighted by atomic mass is 10.1. The number of likely N-dealkylation sites (N-methyl/N-ethyl adjacent to an activating group) is 1. The SMILES string of the molecule is CNC(=O)/C(=C\c1ccc(-c2cc(Cl)ccc2Cl)o1)NC(=O)c1ccc(C)cc1. The van der Waals surface area contributed by atoms with Gasteiger partial charge in [0.05, 0.1) is 5.02 Å². The van der Waals surface area contributed by atoms with Crippen LogP contribution in [0, 0.1) is 6.92 Å². The molecule has 3 aromatic rings. The van der Waals surface area contributed by atoms with Gasteiger partial charge in [-0.3, -0.25) is 9.59 Å². The highest BCUT2D eigenvalue weighted by molar-refractivity contribution is 6.35. The first-order valence-electron chi connectivity index (χ1n) is 8.74. The fourth-order valence-electron chi connectivity index (χ4n) is 2.60. The Morgan fingerprint density at radius 2 is 1.72 bits per heavy atom.